The normalized spacial score (nSPS) is 10.7. The number of nitrogen functional groups attached to an aromatic ring is 1. The van der Waals surface area contributed by atoms with Gasteiger partial charge in [-0.2, -0.15) is 0 Å². The van der Waals surface area contributed by atoms with Crippen molar-refractivity contribution in [2.75, 3.05) is 5.73 Å². The number of imidazole rings is 1. The van der Waals surface area contributed by atoms with E-state index >= 15 is 0 Å². The first-order chi connectivity index (χ1) is 9.65. The molecule has 0 saturated carbocycles. The molecular weight excluding hydrogens is 255 g/mol. The van der Waals surface area contributed by atoms with Gasteiger partial charge in [0.05, 0.1) is 18.2 Å². The Balaban J connectivity index is 2.10. The maximum absolute atomic E-state index is 13.4. The number of pyridine rings is 1. The molecular formula is C15H13FN4. The van der Waals surface area contributed by atoms with Crippen molar-refractivity contribution in [2.24, 2.45) is 0 Å². The van der Waals surface area contributed by atoms with E-state index in [1.54, 1.807) is 43.8 Å². The fourth-order valence-electron chi connectivity index (χ4n) is 2.05. The van der Waals surface area contributed by atoms with Crippen molar-refractivity contribution in [3.05, 3.63) is 60.4 Å². The van der Waals surface area contributed by atoms with Crippen LogP contribution in [0.5, 0.6) is 0 Å². The number of benzene rings is 1. The van der Waals surface area contributed by atoms with Crippen LogP contribution in [0.4, 0.5) is 10.2 Å². The van der Waals surface area contributed by atoms with Gasteiger partial charge in [0.2, 0.25) is 0 Å². The van der Waals surface area contributed by atoms with Crippen LogP contribution in [0.2, 0.25) is 0 Å². The zero-order valence-corrected chi connectivity index (χ0v) is 10.9. The van der Waals surface area contributed by atoms with E-state index in [-0.39, 0.29) is 5.82 Å². The Bertz CT molecular complexity index is 747. The highest BCUT2D eigenvalue weighted by Crippen LogP contribution is 2.23. The number of hydrogen-bond acceptors (Lipinski definition) is 3. The molecule has 0 unspecified atom stereocenters. The maximum atomic E-state index is 13.4. The third-order valence-corrected chi connectivity index (χ3v) is 3.14. The lowest BCUT2D eigenvalue weighted by Crippen LogP contribution is -1.97. The largest absolute Gasteiger partial charge is 0.384 e. The standard InChI is InChI=1S/C15H13FN4/c1-10-6-12(3-4-13(10)16)20-9-18-8-14(20)11-2-5-15(17)19-7-11/h2-9H,1H3,(H2,17,19). The third-order valence-electron chi connectivity index (χ3n) is 3.14. The van der Waals surface area contributed by atoms with E-state index in [1.165, 1.54) is 6.07 Å². The Labute approximate surface area is 115 Å². The summed E-state index contributed by atoms with van der Waals surface area (Å²) in [5.74, 6) is 0.252. The van der Waals surface area contributed by atoms with Gasteiger partial charge in [-0.25, -0.2) is 14.4 Å². The third kappa shape index (κ3) is 2.14. The summed E-state index contributed by atoms with van der Waals surface area (Å²) in [6.07, 6.45) is 5.13. The molecule has 0 spiro atoms. The summed E-state index contributed by atoms with van der Waals surface area (Å²) in [5.41, 5.74) is 8.82. The first-order valence-electron chi connectivity index (χ1n) is 6.16. The Morgan fingerprint density at radius 3 is 2.70 bits per heavy atom. The predicted octanol–water partition coefficient (Wildman–Crippen LogP) is 2.96. The Morgan fingerprint density at radius 2 is 2.00 bits per heavy atom. The Morgan fingerprint density at radius 1 is 1.15 bits per heavy atom. The predicted molar refractivity (Wildman–Crippen MR) is 75.9 cm³/mol. The molecule has 0 aliphatic rings. The van der Waals surface area contributed by atoms with E-state index in [2.05, 4.69) is 9.97 Å². The van der Waals surface area contributed by atoms with E-state index in [0.29, 0.717) is 11.4 Å². The molecule has 4 nitrogen and oxygen atoms in total. The van der Waals surface area contributed by atoms with Crippen molar-refractivity contribution in [3.8, 4) is 16.9 Å². The van der Waals surface area contributed by atoms with E-state index in [4.69, 9.17) is 5.73 Å². The second-order valence-corrected chi connectivity index (χ2v) is 4.55. The molecule has 2 aromatic heterocycles. The number of aromatic nitrogens is 3. The summed E-state index contributed by atoms with van der Waals surface area (Å²) in [6, 6.07) is 8.58. The maximum Gasteiger partial charge on any atom is 0.126 e. The van der Waals surface area contributed by atoms with E-state index in [0.717, 1.165) is 16.9 Å². The molecule has 0 fully saturated rings. The summed E-state index contributed by atoms with van der Waals surface area (Å²) in [5, 5.41) is 0. The number of nitrogens with two attached hydrogens (primary N) is 1. The molecule has 0 aliphatic heterocycles. The lowest BCUT2D eigenvalue weighted by Gasteiger charge is -2.09. The molecule has 20 heavy (non-hydrogen) atoms. The molecule has 0 amide bonds. The zero-order valence-electron chi connectivity index (χ0n) is 10.9. The van der Waals surface area contributed by atoms with Gasteiger partial charge in [-0.15, -0.1) is 0 Å². The van der Waals surface area contributed by atoms with Gasteiger partial charge in [0.15, 0.2) is 0 Å². The SMILES string of the molecule is Cc1cc(-n2cncc2-c2ccc(N)nc2)ccc1F. The van der Waals surface area contributed by atoms with Crippen LogP contribution >= 0.6 is 0 Å². The van der Waals surface area contributed by atoms with Crippen molar-refractivity contribution in [1.82, 2.24) is 14.5 Å². The molecule has 0 atom stereocenters. The minimum Gasteiger partial charge on any atom is -0.384 e. The fourth-order valence-corrected chi connectivity index (χ4v) is 2.05. The molecule has 0 saturated heterocycles. The Kier molecular flexibility index (Phi) is 2.95. The minimum absolute atomic E-state index is 0.218. The smallest absolute Gasteiger partial charge is 0.126 e. The van der Waals surface area contributed by atoms with Gasteiger partial charge in [0.25, 0.3) is 0 Å². The van der Waals surface area contributed by atoms with Crippen molar-refractivity contribution < 1.29 is 4.39 Å². The topological polar surface area (TPSA) is 56.7 Å². The van der Waals surface area contributed by atoms with E-state index < -0.39 is 0 Å². The minimum atomic E-state index is -0.218. The quantitative estimate of drug-likeness (QED) is 0.777. The highest BCUT2D eigenvalue weighted by molar-refractivity contribution is 5.62. The second-order valence-electron chi connectivity index (χ2n) is 4.55. The average molecular weight is 268 g/mol. The highest BCUT2D eigenvalue weighted by atomic mass is 19.1. The number of anilines is 1. The van der Waals surface area contributed by atoms with Crippen LogP contribution in [0.25, 0.3) is 16.9 Å². The van der Waals surface area contributed by atoms with E-state index in [1.807, 2.05) is 10.6 Å². The van der Waals surface area contributed by atoms with Crippen LogP contribution in [0.3, 0.4) is 0 Å². The van der Waals surface area contributed by atoms with Gasteiger partial charge in [-0.1, -0.05) is 0 Å². The number of aryl methyl sites for hydroxylation is 1. The molecule has 0 radical (unpaired) electrons. The molecule has 100 valence electrons. The second kappa shape index (κ2) is 4.77. The van der Waals surface area contributed by atoms with Gasteiger partial charge >= 0.3 is 0 Å². The number of rotatable bonds is 2. The summed E-state index contributed by atoms with van der Waals surface area (Å²) in [6.45, 7) is 1.74. The van der Waals surface area contributed by atoms with Crippen LogP contribution in [0, 0.1) is 12.7 Å². The van der Waals surface area contributed by atoms with Crippen molar-refractivity contribution in [3.63, 3.8) is 0 Å². The Hall–Kier alpha value is -2.69. The van der Waals surface area contributed by atoms with E-state index in [9.17, 15) is 4.39 Å². The van der Waals surface area contributed by atoms with Gasteiger partial charge in [0, 0.05) is 17.4 Å². The van der Waals surface area contributed by atoms with Crippen LogP contribution in [-0.2, 0) is 0 Å². The van der Waals surface area contributed by atoms with Gasteiger partial charge in [-0.05, 0) is 42.8 Å². The molecule has 1 aromatic carbocycles. The molecule has 3 rings (SSSR count). The fraction of sp³-hybridized carbons (Fsp3) is 0.0667. The number of nitrogens with zero attached hydrogens (tertiary/aromatic N) is 3. The van der Waals surface area contributed by atoms with Gasteiger partial charge < -0.3 is 5.73 Å². The average Bonchev–Trinajstić information content (AvgIpc) is 2.92. The number of halogens is 1. The molecule has 0 aliphatic carbocycles. The monoisotopic (exact) mass is 268 g/mol. The van der Waals surface area contributed by atoms with Crippen molar-refractivity contribution in [1.29, 1.82) is 0 Å². The summed E-state index contributed by atoms with van der Waals surface area (Å²) >= 11 is 0. The van der Waals surface area contributed by atoms with Crippen LogP contribution < -0.4 is 5.73 Å². The summed E-state index contributed by atoms with van der Waals surface area (Å²) in [4.78, 5) is 8.24. The first kappa shape index (κ1) is 12.3. The molecule has 5 heteroatoms. The summed E-state index contributed by atoms with van der Waals surface area (Å²) < 4.78 is 15.2. The highest BCUT2D eigenvalue weighted by Gasteiger charge is 2.08. The molecule has 0 bridgehead atoms. The zero-order chi connectivity index (χ0) is 14.1. The lowest BCUT2D eigenvalue weighted by atomic mass is 10.2. The lowest BCUT2D eigenvalue weighted by molar-refractivity contribution is 0.618. The van der Waals surface area contributed by atoms with Crippen LogP contribution in [0.1, 0.15) is 5.56 Å². The molecule has 2 heterocycles. The van der Waals surface area contributed by atoms with Crippen LogP contribution in [0.15, 0.2) is 49.1 Å². The van der Waals surface area contributed by atoms with Crippen LogP contribution in [-0.4, -0.2) is 14.5 Å². The molecule has 3 aromatic rings. The van der Waals surface area contributed by atoms with Crippen molar-refractivity contribution in [2.45, 2.75) is 6.92 Å². The van der Waals surface area contributed by atoms with Gasteiger partial charge in [-0.3, -0.25) is 4.57 Å². The van der Waals surface area contributed by atoms with Crippen molar-refractivity contribution >= 4 is 5.82 Å². The summed E-state index contributed by atoms with van der Waals surface area (Å²) in [7, 11) is 0. The first-order valence-corrected chi connectivity index (χ1v) is 6.16. The molecule has 2 N–H and O–H groups in total. The van der Waals surface area contributed by atoms with Gasteiger partial charge in [0.1, 0.15) is 11.6 Å². The number of hydrogen-bond donors (Lipinski definition) is 1.